The van der Waals surface area contributed by atoms with E-state index >= 15 is 0 Å². The predicted octanol–water partition coefficient (Wildman–Crippen LogP) is 1.99. The lowest BCUT2D eigenvalue weighted by Crippen LogP contribution is -2.12. The average molecular weight is 350 g/mol. The number of hydrogen-bond donors (Lipinski definition) is 3. The molecule has 96 valence electrons. The van der Waals surface area contributed by atoms with E-state index < -0.39 is 10.0 Å². The molecule has 0 saturated carbocycles. The lowest BCUT2D eigenvalue weighted by atomic mass is 10.3. The van der Waals surface area contributed by atoms with Crippen LogP contribution < -0.4 is 10.5 Å². The number of nitrogen functional groups attached to an aromatic ring is 1. The van der Waals surface area contributed by atoms with Gasteiger partial charge in [-0.25, -0.2) is 13.4 Å². The van der Waals surface area contributed by atoms with Crippen LogP contribution in [0, 0.1) is 0 Å². The van der Waals surface area contributed by atoms with Crippen LogP contribution in [0.1, 0.15) is 0 Å². The maximum Gasteiger partial charge on any atom is 0.263 e. The number of phenolic OH excluding ortho intramolecular Hbond substituents is 1. The zero-order valence-electron chi connectivity index (χ0n) is 8.79. The monoisotopic (exact) mass is 349 g/mol. The highest BCUT2D eigenvalue weighted by molar-refractivity contribution is 9.11. The van der Waals surface area contributed by atoms with Gasteiger partial charge >= 0.3 is 0 Å². The summed E-state index contributed by atoms with van der Waals surface area (Å²) in [6, 6.07) is 3.67. The fourth-order valence-corrected chi connectivity index (χ4v) is 3.56. The molecule has 0 amide bonds. The highest BCUT2D eigenvalue weighted by atomic mass is 79.9. The summed E-state index contributed by atoms with van der Waals surface area (Å²) in [6.45, 7) is 0. The van der Waals surface area contributed by atoms with Crippen molar-refractivity contribution in [1.82, 2.24) is 4.98 Å². The van der Waals surface area contributed by atoms with Crippen molar-refractivity contribution in [3.8, 4) is 5.75 Å². The number of halogens is 1. The van der Waals surface area contributed by atoms with E-state index in [2.05, 4.69) is 25.6 Å². The summed E-state index contributed by atoms with van der Waals surface area (Å²) in [5, 5.41) is 9.49. The standard InChI is InChI=1S/C9H8BrN3O3S2/c10-8-4-12-9(17-8)13-18(15,16)5-1-2-7(14)6(11)3-5/h1-4,14H,11H2,(H,12,13). The molecule has 18 heavy (non-hydrogen) atoms. The first kappa shape index (κ1) is 13.1. The highest BCUT2D eigenvalue weighted by Crippen LogP contribution is 2.27. The van der Waals surface area contributed by atoms with Crippen molar-refractivity contribution >= 4 is 48.1 Å². The van der Waals surface area contributed by atoms with Crippen molar-refractivity contribution in [1.29, 1.82) is 0 Å². The van der Waals surface area contributed by atoms with E-state index in [0.717, 1.165) is 11.3 Å². The molecule has 2 rings (SSSR count). The first-order valence-corrected chi connectivity index (χ1v) is 7.70. The van der Waals surface area contributed by atoms with Crippen LogP contribution in [0.25, 0.3) is 0 Å². The van der Waals surface area contributed by atoms with Gasteiger partial charge in [-0.15, -0.1) is 0 Å². The van der Waals surface area contributed by atoms with Crippen molar-refractivity contribution in [2.45, 2.75) is 4.90 Å². The van der Waals surface area contributed by atoms with Gasteiger partial charge in [0, 0.05) is 0 Å². The smallest absolute Gasteiger partial charge is 0.263 e. The summed E-state index contributed by atoms with van der Waals surface area (Å²) in [5.74, 6) is -0.161. The second kappa shape index (κ2) is 4.75. The molecule has 0 fully saturated rings. The van der Waals surface area contributed by atoms with Crippen LogP contribution in [-0.2, 0) is 10.0 Å². The van der Waals surface area contributed by atoms with E-state index in [1.54, 1.807) is 0 Å². The molecule has 0 atom stereocenters. The molecule has 0 aliphatic carbocycles. The Hall–Kier alpha value is -1.32. The molecule has 0 saturated heterocycles. The third-order valence-corrected chi connectivity index (χ3v) is 4.87. The molecule has 0 aliphatic rings. The minimum Gasteiger partial charge on any atom is -0.506 e. The summed E-state index contributed by atoms with van der Waals surface area (Å²) < 4.78 is 27.0. The van der Waals surface area contributed by atoms with Crippen LogP contribution in [0.3, 0.4) is 0 Å². The highest BCUT2D eigenvalue weighted by Gasteiger charge is 2.17. The van der Waals surface area contributed by atoms with Crippen LogP contribution in [-0.4, -0.2) is 18.5 Å². The van der Waals surface area contributed by atoms with Crippen molar-refractivity contribution in [2.24, 2.45) is 0 Å². The van der Waals surface area contributed by atoms with E-state index in [1.165, 1.54) is 24.4 Å². The summed E-state index contributed by atoms with van der Waals surface area (Å²) in [5.41, 5.74) is 5.45. The number of nitrogens with one attached hydrogen (secondary N) is 1. The largest absolute Gasteiger partial charge is 0.506 e. The Morgan fingerprint density at radius 1 is 1.44 bits per heavy atom. The van der Waals surface area contributed by atoms with Crippen LogP contribution in [0.4, 0.5) is 10.8 Å². The van der Waals surface area contributed by atoms with Gasteiger partial charge in [0.15, 0.2) is 5.13 Å². The van der Waals surface area contributed by atoms with Gasteiger partial charge in [0.05, 0.1) is 20.6 Å². The fraction of sp³-hybridized carbons (Fsp3) is 0. The Balaban J connectivity index is 2.33. The third-order valence-electron chi connectivity index (χ3n) is 2.01. The van der Waals surface area contributed by atoms with Gasteiger partial charge in [0.25, 0.3) is 10.0 Å². The van der Waals surface area contributed by atoms with E-state index in [9.17, 15) is 13.5 Å². The molecule has 1 aromatic carbocycles. The zero-order valence-corrected chi connectivity index (χ0v) is 12.0. The maximum absolute atomic E-state index is 12.0. The number of rotatable bonds is 3. The summed E-state index contributed by atoms with van der Waals surface area (Å²) in [6.07, 6.45) is 1.49. The lowest BCUT2D eigenvalue weighted by molar-refractivity contribution is 0.477. The van der Waals surface area contributed by atoms with Crippen LogP contribution in [0.2, 0.25) is 0 Å². The molecule has 0 radical (unpaired) electrons. The number of hydrogen-bond acceptors (Lipinski definition) is 6. The molecular formula is C9H8BrN3O3S2. The molecule has 9 heteroatoms. The molecule has 0 spiro atoms. The molecular weight excluding hydrogens is 342 g/mol. The first-order chi connectivity index (χ1) is 8.38. The van der Waals surface area contributed by atoms with Crippen molar-refractivity contribution in [3.05, 3.63) is 28.2 Å². The number of benzene rings is 1. The van der Waals surface area contributed by atoms with Crippen LogP contribution in [0.5, 0.6) is 5.75 Å². The molecule has 0 bridgehead atoms. The molecule has 0 aliphatic heterocycles. The third kappa shape index (κ3) is 2.74. The molecule has 2 aromatic rings. The SMILES string of the molecule is Nc1cc(S(=O)(=O)Nc2ncc(Br)s2)ccc1O. The molecule has 4 N–H and O–H groups in total. The van der Waals surface area contributed by atoms with Crippen molar-refractivity contribution < 1.29 is 13.5 Å². The maximum atomic E-state index is 12.0. The Morgan fingerprint density at radius 3 is 2.72 bits per heavy atom. The van der Waals surface area contributed by atoms with Gasteiger partial charge < -0.3 is 10.8 Å². The average Bonchev–Trinajstić information content (AvgIpc) is 2.67. The lowest BCUT2D eigenvalue weighted by Gasteiger charge is -2.06. The topological polar surface area (TPSA) is 105 Å². The van der Waals surface area contributed by atoms with E-state index in [0.29, 0.717) is 3.79 Å². The number of phenols is 1. The second-order valence-corrected chi connectivity index (χ2v) is 7.39. The molecule has 0 unspecified atom stereocenters. The number of nitrogens with two attached hydrogens (primary N) is 1. The van der Waals surface area contributed by atoms with E-state index in [-0.39, 0.29) is 21.5 Å². The summed E-state index contributed by atoms with van der Waals surface area (Å²) >= 11 is 4.34. The van der Waals surface area contributed by atoms with Gasteiger partial charge in [-0.05, 0) is 34.1 Å². The van der Waals surface area contributed by atoms with Crippen LogP contribution in [0.15, 0.2) is 33.1 Å². The predicted molar refractivity (Wildman–Crippen MR) is 73.1 cm³/mol. The van der Waals surface area contributed by atoms with Crippen molar-refractivity contribution in [2.75, 3.05) is 10.5 Å². The zero-order chi connectivity index (χ0) is 13.3. The Morgan fingerprint density at radius 2 is 2.17 bits per heavy atom. The Bertz CT molecular complexity index is 684. The van der Waals surface area contributed by atoms with Gasteiger partial charge in [0.2, 0.25) is 0 Å². The Kier molecular flexibility index (Phi) is 3.46. The van der Waals surface area contributed by atoms with Gasteiger partial charge in [-0.3, -0.25) is 4.72 Å². The van der Waals surface area contributed by atoms with E-state index in [4.69, 9.17) is 5.73 Å². The summed E-state index contributed by atoms with van der Waals surface area (Å²) in [7, 11) is -3.75. The fourth-order valence-electron chi connectivity index (χ4n) is 1.18. The quantitative estimate of drug-likeness (QED) is 0.580. The van der Waals surface area contributed by atoms with Gasteiger partial charge in [0.1, 0.15) is 5.75 Å². The number of aromatic nitrogens is 1. The Labute approximate surface area is 116 Å². The van der Waals surface area contributed by atoms with Crippen LogP contribution >= 0.6 is 27.3 Å². The first-order valence-electron chi connectivity index (χ1n) is 4.61. The minimum atomic E-state index is -3.75. The van der Waals surface area contributed by atoms with Crippen molar-refractivity contribution in [3.63, 3.8) is 0 Å². The number of nitrogens with zero attached hydrogens (tertiary/aromatic N) is 1. The normalized spacial score (nSPS) is 11.4. The van der Waals surface area contributed by atoms with E-state index in [1.807, 2.05) is 0 Å². The number of anilines is 2. The minimum absolute atomic E-state index is 0.00167. The summed E-state index contributed by atoms with van der Waals surface area (Å²) in [4.78, 5) is 3.83. The number of aromatic hydroxyl groups is 1. The second-order valence-electron chi connectivity index (χ2n) is 3.30. The number of sulfonamides is 1. The molecule has 6 nitrogen and oxygen atoms in total. The molecule has 1 heterocycles. The van der Waals surface area contributed by atoms with Gasteiger partial charge in [-0.1, -0.05) is 11.3 Å². The van der Waals surface area contributed by atoms with Gasteiger partial charge in [-0.2, -0.15) is 0 Å². The number of thiazole rings is 1. The molecule has 1 aromatic heterocycles.